The number of thiazole rings is 1. The fourth-order valence-corrected chi connectivity index (χ4v) is 6.62. The summed E-state index contributed by atoms with van der Waals surface area (Å²) < 4.78 is 55.6. The Morgan fingerprint density at radius 1 is 1.06 bits per heavy atom. The third-order valence-corrected chi connectivity index (χ3v) is 8.86. The second-order valence-electron chi connectivity index (χ2n) is 8.83. The highest BCUT2D eigenvalue weighted by molar-refractivity contribution is 7.89. The minimum atomic E-state index is -3.61. The topological polar surface area (TPSA) is 73.8 Å². The predicted octanol–water partition coefficient (Wildman–Crippen LogP) is 4.77. The van der Waals surface area contributed by atoms with E-state index in [4.69, 9.17) is 0 Å². The van der Waals surface area contributed by atoms with Crippen LogP contribution >= 0.6 is 23.7 Å². The largest absolute Gasteiger partial charge is 0.309 e. The number of nitrogens with zero attached hydrogens (tertiary/aromatic N) is 4. The summed E-state index contributed by atoms with van der Waals surface area (Å²) in [4.78, 5) is 21.3. The third kappa shape index (κ3) is 6.20. The van der Waals surface area contributed by atoms with Gasteiger partial charge < -0.3 is 4.90 Å². The monoisotopic (exact) mass is 558 g/mol. The molecule has 12 heteroatoms. The molecule has 0 saturated carbocycles. The highest BCUT2D eigenvalue weighted by atomic mass is 35.5. The van der Waals surface area contributed by atoms with Crippen molar-refractivity contribution in [2.24, 2.45) is 0 Å². The van der Waals surface area contributed by atoms with Crippen LogP contribution < -0.4 is 4.90 Å². The summed E-state index contributed by atoms with van der Waals surface area (Å²) in [6, 6.07) is 7.84. The zero-order chi connectivity index (χ0) is 25.2. The summed E-state index contributed by atoms with van der Waals surface area (Å²) in [7, 11) is 0.229. The molecule has 3 aromatic rings. The number of halogens is 3. The molecule has 0 bridgehead atoms. The molecular formula is C24H29ClF2N4O3S2. The van der Waals surface area contributed by atoms with Gasteiger partial charge in [0.15, 0.2) is 10.9 Å². The van der Waals surface area contributed by atoms with Gasteiger partial charge in [0.2, 0.25) is 10.0 Å². The summed E-state index contributed by atoms with van der Waals surface area (Å²) in [6.07, 6.45) is 3.33. The second-order valence-corrected chi connectivity index (χ2v) is 11.8. The van der Waals surface area contributed by atoms with Crippen molar-refractivity contribution in [3.63, 3.8) is 0 Å². The molecule has 2 heterocycles. The average molecular weight is 559 g/mol. The van der Waals surface area contributed by atoms with Crippen LogP contribution in [0.25, 0.3) is 10.2 Å². The fraction of sp³-hybridized carbons (Fsp3) is 0.417. The molecule has 0 radical (unpaired) electrons. The number of benzene rings is 2. The zero-order valence-electron chi connectivity index (χ0n) is 20.1. The summed E-state index contributed by atoms with van der Waals surface area (Å²) in [5.74, 6) is -1.87. The summed E-state index contributed by atoms with van der Waals surface area (Å²) in [5.41, 5.74) is 0.304. The Hall–Kier alpha value is -2.18. The number of rotatable bonds is 8. The first-order valence-electron chi connectivity index (χ1n) is 11.5. The van der Waals surface area contributed by atoms with Gasteiger partial charge in [0, 0.05) is 31.3 Å². The number of hydrogen-bond acceptors (Lipinski definition) is 6. The van der Waals surface area contributed by atoms with E-state index in [1.807, 2.05) is 19.0 Å². The van der Waals surface area contributed by atoms with E-state index < -0.39 is 21.7 Å². The molecular weight excluding hydrogens is 530 g/mol. The Balaban J connectivity index is 0.00000361. The van der Waals surface area contributed by atoms with Crippen LogP contribution in [0, 0.1) is 11.6 Å². The quantitative estimate of drug-likeness (QED) is 0.398. The SMILES string of the molecule is CN(C)CCCN(C(=O)c1ccc(S(=O)(=O)N2CCCCC2)cc1)c1nc2c(F)cc(F)cc2s1.Cl. The first-order chi connectivity index (χ1) is 16.7. The molecule has 0 atom stereocenters. The number of piperidine rings is 1. The number of sulfonamides is 1. The van der Waals surface area contributed by atoms with E-state index in [9.17, 15) is 22.0 Å². The molecule has 36 heavy (non-hydrogen) atoms. The Morgan fingerprint density at radius 3 is 2.36 bits per heavy atom. The molecule has 1 saturated heterocycles. The summed E-state index contributed by atoms with van der Waals surface area (Å²) in [5, 5.41) is 0.262. The molecule has 0 aliphatic carbocycles. The maximum Gasteiger partial charge on any atom is 0.260 e. The zero-order valence-corrected chi connectivity index (χ0v) is 22.6. The normalized spacial score (nSPS) is 14.7. The Kier molecular flexibility index (Phi) is 9.39. The molecule has 1 aliphatic rings. The highest BCUT2D eigenvalue weighted by Crippen LogP contribution is 2.32. The van der Waals surface area contributed by atoms with Crippen LogP contribution in [0.2, 0.25) is 0 Å². The van der Waals surface area contributed by atoms with E-state index in [0.717, 1.165) is 36.7 Å². The van der Waals surface area contributed by atoms with E-state index in [1.54, 1.807) is 0 Å². The number of aromatic nitrogens is 1. The standard InChI is InChI=1S/C24H28F2N4O3S2.ClH/c1-28(2)11-6-14-30(24-27-22-20(26)15-18(25)16-21(22)34-24)23(31)17-7-9-19(10-8-17)35(32,33)29-12-4-3-5-13-29;/h7-10,15-16H,3-6,11-14H2,1-2H3;1H. The fourth-order valence-electron chi connectivity index (χ4n) is 4.07. The van der Waals surface area contributed by atoms with Gasteiger partial charge in [0.25, 0.3) is 5.91 Å². The van der Waals surface area contributed by atoms with Crippen molar-refractivity contribution in [2.45, 2.75) is 30.6 Å². The van der Waals surface area contributed by atoms with Crippen LogP contribution in [0.15, 0.2) is 41.3 Å². The minimum Gasteiger partial charge on any atom is -0.309 e. The number of anilines is 1. The first-order valence-corrected chi connectivity index (χ1v) is 13.7. The molecule has 1 aromatic heterocycles. The molecule has 0 spiro atoms. The van der Waals surface area contributed by atoms with Crippen molar-refractivity contribution < 1.29 is 22.0 Å². The van der Waals surface area contributed by atoms with E-state index in [0.29, 0.717) is 42.9 Å². The van der Waals surface area contributed by atoms with Crippen LogP contribution in [0.3, 0.4) is 0 Å². The van der Waals surface area contributed by atoms with Crippen molar-refractivity contribution in [3.8, 4) is 0 Å². The highest BCUT2D eigenvalue weighted by Gasteiger charge is 2.27. The molecule has 1 fully saturated rings. The van der Waals surface area contributed by atoms with Gasteiger partial charge in [0.05, 0.1) is 9.60 Å². The van der Waals surface area contributed by atoms with Crippen molar-refractivity contribution in [1.29, 1.82) is 0 Å². The van der Waals surface area contributed by atoms with Gasteiger partial charge in [-0.15, -0.1) is 12.4 Å². The van der Waals surface area contributed by atoms with E-state index in [2.05, 4.69) is 4.98 Å². The smallest absolute Gasteiger partial charge is 0.260 e. The van der Waals surface area contributed by atoms with Gasteiger partial charge in [-0.3, -0.25) is 9.69 Å². The van der Waals surface area contributed by atoms with Crippen molar-refractivity contribution in [1.82, 2.24) is 14.2 Å². The van der Waals surface area contributed by atoms with Crippen molar-refractivity contribution >= 4 is 55.0 Å². The molecule has 196 valence electrons. The Bertz CT molecular complexity index is 1310. The molecule has 4 rings (SSSR count). The van der Waals surface area contributed by atoms with E-state index in [-0.39, 0.29) is 33.9 Å². The Morgan fingerprint density at radius 2 is 1.72 bits per heavy atom. The number of hydrogen-bond donors (Lipinski definition) is 0. The van der Waals surface area contributed by atoms with Gasteiger partial charge in [-0.05, 0) is 70.2 Å². The van der Waals surface area contributed by atoms with Crippen LogP contribution in [-0.4, -0.2) is 68.8 Å². The molecule has 2 aromatic carbocycles. The summed E-state index contributed by atoms with van der Waals surface area (Å²) >= 11 is 1.04. The average Bonchev–Trinajstić information content (AvgIpc) is 3.26. The lowest BCUT2D eigenvalue weighted by Crippen LogP contribution is -2.35. The van der Waals surface area contributed by atoms with Gasteiger partial charge in [-0.1, -0.05) is 17.8 Å². The maximum absolute atomic E-state index is 14.2. The summed E-state index contributed by atoms with van der Waals surface area (Å²) in [6.45, 7) is 2.02. The van der Waals surface area contributed by atoms with Crippen LogP contribution in [0.5, 0.6) is 0 Å². The van der Waals surface area contributed by atoms with Gasteiger partial charge >= 0.3 is 0 Å². The molecule has 0 unspecified atom stereocenters. The first kappa shape index (κ1) is 28.4. The predicted molar refractivity (Wildman–Crippen MR) is 141 cm³/mol. The van der Waals surface area contributed by atoms with Crippen LogP contribution in [-0.2, 0) is 10.0 Å². The number of fused-ring (bicyclic) bond motifs is 1. The maximum atomic E-state index is 14.2. The molecule has 7 nitrogen and oxygen atoms in total. The lowest BCUT2D eigenvalue weighted by molar-refractivity contribution is 0.0986. The van der Waals surface area contributed by atoms with Crippen molar-refractivity contribution in [2.75, 3.05) is 45.2 Å². The van der Waals surface area contributed by atoms with E-state index >= 15 is 0 Å². The molecule has 1 amide bonds. The number of amides is 1. The third-order valence-electron chi connectivity index (χ3n) is 5.92. The van der Waals surface area contributed by atoms with E-state index in [1.165, 1.54) is 39.5 Å². The van der Waals surface area contributed by atoms with Crippen LogP contribution in [0.4, 0.5) is 13.9 Å². The van der Waals surface area contributed by atoms with Gasteiger partial charge in [-0.2, -0.15) is 4.31 Å². The number of carbonyl (C=O) groups excluding carboxylic acids is 1. The minimum absolute atomic E-state index is 0. The second kappa shape index (κ2) is 11.9. The number of carbonyl (C=O) groups is 1. The lowest BCUT2D eigenvalue weighted by Gasteiger charge is -2.26. The lowest BCUT2D eigenvalue weighted by atomic mass is 10.2. The van der Waals surface area contributed by atoms with Crippen LogP contribution in [0.1, 0.15) is 36.0 Å². The molecule has 1 aliphatic heterocycles. The Labute approximate surface area is 220 Å². The van der Waals surface area contributed by atoms with Gasteiger partial charge in [-0.25, -0.2) is 22.2 Å². The molecule has 0 N–H and O–H groups in total. The van der Waals surface area contributed by atoms with Gasteiger partial charge in [0.1, 0.15) is 11.3 Å². The van der Waals surface area contributed by atoms with Crippen molar-refractivity contribution in [3.05, 3.63) is 53.6 Å².